The number of halogens is 1. The fraction of sp³-hybridized carbons (Fsp3) is 0.176. The molecule has 0 unspecified atom stereocenters. The van der Waals surface area contributed by atoms with Crippen LogP contribution in [-0.2, 0) is 21.4 Å². The molecule has 0 fully saturated rings. The predicted molar refractivity (Wildman–Crippen MR) is 93.8 cm³/mol. The molecular formula is C17H18FN3O3S. The molecule has 2 aromatic carbocycles. The van der Waals surface area contributed by atoms with Crippen molar-refractivity contribution in [3.8, 4) is 0 Å². The maximum absolute atomic E-state index is 13.0. The summed E-state index contributed by atoms with van der Waals surface area (Å²) in [6.07, 6.45) is 2.32. The molecule has 132 valence electrons. The van der Waals surface area contributed by atoms with Crippen LogP contribution in [-0.4, -0.2) is 37.6 Å². The molecule has 0 aliphatic carbocycles. The van der Waals surface area contributed by atoms with Crippen LogP contribution >= 0.6 is 0 Å². The molecule has 8 heteroatoms. The number of sulfonamides is 1. The number of rotatable bonds is 7. The normalized spacial score (nSPS) is 11.8. The largest absolute Gasteiger partial charge is 0.272 e. The number of carbonyl (C=O) groups is 1. The Balaban J connectivity index is 1.97. The first-order valence-corrected chi connectivity index (χ1v) is 9.26. The summed E-state index contributed by atoms with van der Waals surface area (Å²) in [7, 11) is -3.57. The Hall–Kier alpha value is -2.58. The lowest BCUT2D eigenvalue weighted by Gasteiger charge is -2.18. The lowest BCUT2D eigenvalue weighted by atomic mass is 10.2. The van der Waals surface area contributed by atoms with Gasteiger partial charge in [-0.1, -0.05) is 42.5 Å². The molecule has 0 saturated heterocycles. The average molecular weight is 363 g/mol. The van der Waals surface area contributed by atoms with Gasteiger partial charge < -0.3 is 0 Å². The molecule has 6 nitrogen and oxygen atoms in total. The van der Waals surface area contributed by atoms with E-state index in [4.69, 9.17) is 0 Å². The van der Waals surface area contributed by atoms with Crippen LogP contribution < -0.4 is 5.43 Å². The number of hydrogen-bond donors (Lipinski definition) is 1. The summed E-state index contributed by atoms with van der Waals surface area (Å²) in [4.78, 5) is 11.9. The molecule has 0 bridgehead atoms. The van der Waals surface area contributed by atoms with Gasteiger partial charge >= 0.3 is 0 Å². The topological polar surface area (TPSA) is 78.8 Å². The van der Waals surface area contributed by atoms with Gasteiger partial charge in [0.1, 0.15) is 5.82 Å². The molecule has 2 rings (SSSR count). The number of hydrogen-bond acceptors (Lipinski definition) is 4. The van der Waals surface area contributed by atoms with Crippen molar-refractivity contribution >= 4 is 22.1 Å². The van der Waals surface area contributed by atoms with Gasteiger partial charge in [0.25, 0.3) is 5.91 Å². The Morgan fingerprint density at radius 2 is 1.92 bits per heavy atom. The first-order chi connectivity index (χ1) is 11.8. The molecule has 0 aromatic heterocycles. The zero-order valence-electron chi connectivity index (χ0n) is 13.6. The van der Waals surface area contributed by atoms with E-state index in [1.165, 1.54) is 24.4 Å². The van der Waals surface area contributed by atoms with Gasteiger partial charge in [-0.2, -0.15) is 9.41 Å². The van der Waals surface area contributed by atoms with E-state index in [1.54, 1.807) is 30.3 Å². The summed E-state index contributed by atoms with van der Waals surface area (Å²) in [6.45, 7) is -0.283. The van der Waals surface area contributed by atoms with Crippen molar-refractivity contribution in [3.05, 3.63) is 71.5 Å². The lowest BCUT2D eigenvalue weighted by Crippen LogP contribution is -2.38. The molecule has 1 amide bonds. The standard InChI is InChI=1S/C17H18FN3O3S/c1-25(23,24)21(12-14-6-3-2-4-7-14)13-17(22)20-19-11-15-8-5-9-16(18)10-15/h2-11H,12-13H2,1H3,(H,20,22)/b19-11-. The third kappa shape index (κ3) is 6.44. The van der Waals surface area contributed by atoms with E-state index in [2.05, 4.69) is 10.5 Å². The average Bonchev–Trinajstić information content (AvgIpc) is 2.54. The maximum atomic E-state index is 13.0. The zero-order chi connectivity index (χ0) is 18.3. The number of carbonyl (C=O) groups excluding carboxylic acids is 1. The SMILES string of the molecule is CS(=O)(=O)N(CC(=O)N/N=C\c1cccc(F)c1)Cc1ccccc1. The highest BCUT2D eigenvalue weighted by Gasteiger charge is 2.20. The Morgan fingerprint density at radius 3 is 2.56 bits per heavy atom. The Morgan fingerprint density at radius 1 is 1.20 bits per heavy atom. The summed E-state index contributed by atoms with van der Waals surface area (Å²) in [5, 5.41) is 3.71. The van der Waals surface area contributed by atoms with Crippen molar-refractivity contribution in [1.82, 2.24) is 9.73 Å². The summed E-state index contributed by atoms with van der Waals surface area (Å²) in [5.74, 6) is -1.00. The highest BCUT2D eigenvalue weighted by Crippen LogP contribution is 2.08. The summed E-state index contributed by atoms with van der Waals surface area (Å²) in [6, 6.07) is 14.6. The molecule has 0 saturated carbocycles. The fourth-order valence-electron chi connectivity index (χ4n) is 2.04. The second kappa shape index (κ2) is 8.50. The monoisotopic (exact) mass is 363 g/mol. The Kier molecular flexibility index (Phi) is 6.37. The molecule has 0 atom stereocenters. The van der Waals surface area contributed by atoms with Crippen LogP contribution in [0.15, 0.2) is 59.7 Å². The van der Waals surface area contributed by atoms with Crippen LogP contribution in [0.25, 0.3) is 0 Å². The zero-order valence-corrected chi connectivity index (χ0v) is 14.4. The highest BCUT2D eigenvalue weighted by molar-refractivity contribution is 7.88. The highest BCUT2D eigenvalue weighted by atomic mass is 32.2. The second-order valence-corrected chi connectivity index (χ2v) is 7.35. The predicted octanol–water partition coefficient (Wildman–Crippen LogP) is 1.74. The van der Waals surface area contributed by atoms with Gasteiger partial charge in [0, 0.05) is 6.54 Å². The van der Waals surface area contributed by atoms with E-state index in [9.17, 15) is 17.6 Å². The fourth-order valence-corrected chi connectivity index (χ4v) is 2.77. The van der Waals surface area contributed by atoms with Crippen molar-refractivity contribution in [2.24, 2.45) is 5.10 Å². The van der Waals surface area contributed by atoms with Gasteiger partial charge in [0.2, 0.25) is 10.0 Å². The van der Waals surface area contributed by atoms with Crippen molar-refractivity contribution < 1.29 is 17.6 Å². The van der Waals surface area contributed by atoms with E-state index in [0.717, 1.165) is 16.1 Å². The summed E-state index contributed by atoms with van der Waals surface area (Å²) < 4.78 is 37.8. The number of nitrogens with one attached hydrogen (secondary N) is 1. The first kappa shape index (κ1) is 18.8. The third-order valence-corrected chi connectivity index (χ3v) is 4.44. The van der Waals surface area contributed by atoms with Gasteiger partial charge in [-0.15, -0.1) is 0 Å². The van der Waals surface area contributed by atoms with Crippen molar-refractivity contribution in [2.75, 3.05) is 12.8 Å². The molecule has 2 aromatic rings. The van der Waals surface area contributed by atoms with E-state index in [1.807, 2.05) is 6.07 Å². The van der Waals surface area contributed by atoms with E-state index >= 15 is 0 Å². The van der Waals surface area contributed by atoms with Crippen LogP contribution in [0, 0.1) is 5.82 Å². The molecule has 0 aliphatic heterocycles. The molecule has 0 aliphatic rings. The van der Waals surface area contributed by atoms with Crippen molar-refractivity contribution in [2.45, 2.75) is 6.54 Å². The van der Waals surface area contributed by atoms with Crippen LogP contribution in [0.2, 0.25) is 0 Å². The van der Waals surface area contributed by atoms with Crippen molar-refractivity contribution in [1.29, 1.82) is 0 Å². The van der Waals surface area contributed by atoms with E-state index in [0.29, 0.717) is 5.56 Å². The van der Waals surface area contributed by atoms with Crippen LogP contribution in [0.1, 0.15) is 11.1 Å². The Bertz CT molecular complexity index is 854. The van der Waals surface area contributed by atoms with E-state index in [-0.39, 0.29) is 13.1 Å². The molecular weight excluding hydrogens is 345 g/mol. The van der Waals surface area contributed by atoms with Gasteiger partial charge in [0.05, 0.1) is 19.0 Å². The smallest absolute Gasteiger partial charge is 0.255 e. The van der Waals surface area contributed by atoms with Gasteiger partial charge in [-0.25, -0.2) is 18.2 Å². The number of benzene rings is 2. The van der Waals surface area contributed by atoms with Crippen molar-refractivity contribution in [3.63, 3.8) is 0 Å². The van der Waals surface area contributed by atoms with Crippen LogP contribution in [0.3, 0.4) is 0 Å². The second-order valence-electron chi connectivity index (χ2n) is 5.36. The lowest BCUT2D eigenvalue weighted by molar-refractivity contribution is -0.121. The third-order valence-electron chi connectivity index (χ3n) is 3.24. The Labute approximate surface area is 146 Å². The van der Waals surface area contributed by atoms with Gasteiger partial charge in [0.15, 0.2) is 0 Å². The molecule has 0 spiro atoms. The quantitative estimate of drug-likeness (QED) is 0.601. The molecule has 25 heavy (non-hydrogen) atoms. The van der Waals surface area contributed by atoms with Crippen LogP contribution in [0.5, 0.6) is 0 Å². The molecule has 0 radical (unpaired) electrons. The molecule has 0 heterocycles. The van der Waals surface area contributed by atoms with E-state index < -0.39 is 21.7 Å². The number of amides is 1. The summed E-state index contributed by atoms with van der Waals surface area (Å²) in [5.41, 5.74) is 3.48. The van der Waals surface area contributed by atoms with Crippen LogP contribution in [0.4, 0.5) is 4.39 Å². The number of hydrazone groups is 1. The first-order valence-electron chi connectivity index (χ1n) is 7.41. The minimum absolute atomic E-state index is 0.0840. The minimum Gasteiger partial charge on any atom is -0.272 e. The van der Waals surface area contributed by atoms with Gasteiger partial charge in [-0.05, 0) is 23.3 Å². The summed E-state index contributed by atoms with van der Waals surface area (Å²) >= 11 is 0. The maximum Gasteiger partial charge on any atom is 0.255 e. The molecule has 1 N–H and O–H groups in total. The van der Waals surface area contributed by atoms with Gasteiger partial charge in [-0.3, -0.25) is 4.79 Å². The minimum atomic E-state index is -3.57. The number of nitrogens with zero attached hydrogens (tertiary/aromatic N) is 2.